The average Bonchev–Trinajstić information content (AvgIpc) is 1.91. The van der Waals surface area contributed by atoms with Crippen LogP contribution in [-0.4, -0.2) is 0 Å². The first-order valence-corrected chi connectivity index (χ1v) is 3.50. The molecule has 1 aromatic carbocycles. The molecule has 1 nitrogen and oxygen atoms in total. The van der Waals surface area contributed by atoms with Crippen molar-refractivity contribution in [3.05, 3.63) is 30.3 Å². The summed E-state index contributed by atoms with van der Waals surface area (Å²) in [5.41, 5.74) is 0. The van der Waals surface area contributed by atoms with Crippen LogP contribution in [0.25, 0.3) is 0 Å². The van der Waals surface area contributed by atoms with Crippen LogP contribution in [0.5, 0.6) is 0 Å². The molecule has 0 N–H and O–H groups in total. The van der Waals surface area contributed by atoms with Gasteiger partial charge in [-0.25, -0.2) is 0 Å². The van der Waals surface area contributed by atoms with Gasteiger partial charge in [0.25, 0.3) is 0 Å². The van der Waals surface area contributed by atoms with Gasteiger partial charge < -0.3 is 0 Å². The van der Waals surface area contributed by atoms with E-state index in [0.717, 1.165) is 0 Å². The van der Waals surface area contributed by atoms with E-state index in [4.69, 9.17) is 5.26 Å². The molecule has 52 valence electrons. The summed E-state index contributed by atoms with van der Waals surface area (Å²) in [5, 5.41) is 8.56. The highest BCUT2D eigenvalue weighted by Crippen LogP contribution is 1.86. The van der Waals surface area contributed by atoms with Gasteiger partial charge in [-0.1, -0.05) is 30.3 Å². The van der Waals surface area contributed by atoms with Gasteiger partial charge in [0.1, 0.15) is 0 Å². The van der Waals surface area contributed by atoms with E-state index in [2.05, 4.69) is 9.24 Å². The lowest BCUT2D eigenvalue weighted by Crippen LogP contribution is -1.82. The lowest BCUT2D eigenvalue weighted by molar-refractivity contribution is 1.49. The Bertz CT molecular complexity index is 200. The summed E-state index contributed by atoms with van der Waals surface area (Å²) in [6.45, 7) is 1.43. The Morgan fingerprint density at radius 1 is 1.30 bits per heavy atom. The second kappa shape index (κ2) is 6.26. The lowest BCUT2D eigenvalue weighted by atomic mass is 10.4. The van der Waals surface area contributed by atoms with Gasteiger partial charge in [-0.15, -0.1) is 9.24 Å². The molecule has 0 amide bonds. The SMILES string of the molecule is CC#N.Pc1ccccc1. The molecule has 0 heterocycles. The Hall–Kier alpha value is -0.860. The highest BCUT2D eigenvalue weighted by molar-refractivity contribution is 7.27. The molecule has 0 saturated heterocycles. The normalized spacial score (nSPS) is 6.90. The molecule has 1 rings (SSSR count). The fraction of sp³-hybridized carbons (Fsp3) is 0.125. The zero-order chi connectivity index (χ0) is 7.82. The van der Waals surface area contributed by atoms with E-state index in [1.165, 1.54) is 12.2 Å². The molecule has 1 unspecified atom stereocenters. The van der Waals surface area contributed by atoms with Gasteiger partial charge in [-0.05, 0) is 5.30 Å². The number of hydrogen-bond acceptors (Lipinski definition) is 1. The van der Waals surface area contributed by atoms with Crippen molar-refractivity contribution in [3.8, 4) is 6.07 Å². The van der Waals surface area contributed by atoms with Crippen LogP contribution in [0, 0.1) is 11.3 Å². The second-order valence-corrected chi connectivity index (χ2v) is 2.30. The van der Waals surface area contributed by atoms with E-state index < -0.39 is 0 Å². The average molecular weight is 151 g/mol. The van der Waals surface area contributed by atoms with Crippen molar-refractivity contribution in [1.82, 2.24) is 0 Å². The molecular weight excluding hydrogens is 141 g/mol. The van der Waals surface area contributed by atoms with Crippen molar-refractivity contribution < 1.29 is 0 Å². The van der Waals surface area contributed by atoms with E-state index in [1.54, 1.807) is 6.07 Å². The predicted molar refractivity (Wildman–Crippen MR) is 47.1 cm³/mol. The zero-order valence-corrected chi connectivity index (χ0v) is 7.07. The van der Waals surface area contributed by atoms with Crippen LogP contribution in [0.15, 0.2) is 30.3 Å². The van der Waals surface area contributed by atoms with Crippen molar-refractivity contribution in [2.45, 2.75) is 6.92 Å². The summed E-state index contributed by atoms with van der Waals surface area (Å²) in [6, 6.07) is 11.9. The van der Waals surface area contributed by atoms with Crippen LogP contribution in [0.4, 0.5) is 0 Å². The minimum atomic E-state index is 1.24. The molecule has 0 bridgehead atoms. The van der Waals surface area contributed by atoms with Crippen molar-refractivity contribution >= 4 is 14.5 Å². The summed E-state index contributed by atoms with van der Waals surface area (Å²) in [5.74, 6) is 0. The first kappa shape index (κ1) is 9.14. The highest BCUT2D eigenvalue weighted by atomic mass is 31.0. The van der Waals surface area contributed by atoms with E-state index in [1.807, 2.05) is 30.3 Å². The number of rotatable bonds is 0. The molecule has 0 aromatic heterocycles. The van der Waals surface area contributed by atoms with Gasteiger partial charge in [-0.2, -0.15) is 5.26 Å². The lowest BCUT2D eigenvalue weighted by Gasteiger charge is -1.82. The Morgan fingerprint density at radius 3 is 1.90 bits per heavy atom. The van der Waals surface area contributed by atoms with Crippen LogP contribution in [0.1, 0.15) is 6.92 Å². The number of benzene rings is 1. The molecule has 0 aliphatic carbocycles. The van der Waals surface area contributed by atoms with Gasteiger partial charge in [-0.3, -0.25) is 0 Å². The summed E-state index contributed by atoms with van der Waals surface area (Å²) < 4.78 is 0. The largest absolute Gasteiger partial charge is 0.199 e. The Kier molecular flexibility index (Phi) is 5.72. The Balaban J connectivity index is 0.000000236. The van der Waals surface area contributed by atoms with Crippen LogP contribution in [-0.2, 0) is 0 Å². The van der Waals surface area contributed by atoms with Gasteiger partial charge in [0.15, 0.2) is 0 Å². The molecule has 1 aromatic rings. The minimum absolute atomic E-state index is 1.24. The molecule has 2 heteroatoms. The summed E-state index contributed by atoms with van der Waals surface area (Å²) >= 11 is 0. The molecule has 0 aliphatic heterocycles. The molecule has 0 radical (unpaired) electrons. The van der Waals surface area contributed by atoms with Crippen molar-refractivity contribution in [2.24, 2.45) is 0 Å². The predicted octanol–water partition coefficient (Wildman–Crippen LogP) is 1.72. The molecule has 10 heavy (non-hydrogen) atoms. The maximum atomic E-state index is 7.32. The molecule has 0 aliphatic rings. The van der Waals surface area contributed by atoms with E-state index >= 15 is 0 Å². The third-order valence-corrected chi connectivity index (χ3v) is 1.18. The first-order valence-electron chi connectivity index (χ1n) is 2.92. The van der Waals surface area contributed by atoms with Crippen molar-refractivity contribution in [1.29, 1.82) is 5.26 Å². The number of nitrogens with zero attached hydrogens (tertiary/aromatic N) is 1. The molecular formula is C8H10NP. The maximum absolute atomic E-state index is 7.32. The molecule has 0 fully saturated rings. The monoisotopic (exact) mass is 151 g/mol. The topological polar surface area (TPSA) is 23.8 Å². The maximum Gasteiger partial charge on any atom is 0.0587 e. The van der Waals surface area contributed by atoms with Crippen LogP contribution in [0.3, 0.4) is 0 Å². The quantitative estimate of drug-likeness (QED) is 0.518. The summed E-state index contributed by atoms with van der Waals surface area (Å²) in [4.78, 5) is 0. The fourth-order valence-corrected chi connectivity index (χ4v) is 0.675. The molecule has 1 atom stereocenters. The van der Waals surface area contributed by atoms with E-state index in [9.17, 15) is 0 Å². The molecule has 0 saturated carbocycles. The van der Waals surface area contributed by atoms with Crippen LogP contribution < -0.4 is 5.30 Å². The first-order chi connectivity index (χ1) is 4.81. The summed E-state index contributed by atoms with van der Waals surface area (Å²) in [6.07, 6.45) is 0. The smallest absolute Gasteiger partial charge is 0.0587 e. The Morgan fingerprint density at radius 2 is 1.70 bits per heavy atom. The van der Waals surface area contributed by atoms with Crippen molar-refractivity contribution in [3.63, 3.8) is 0 Å². The number of nitriles is 1. The zero-order valence-electron chi connectivity index (χ0n) is 5.91. The van der Waals surface area contributed by atoms with Crippen LogP contribution >= 0.6 is 9.24 Å². The van der Waals surface area contributed by atoms with E-state index in [-0.39, 0.29) is 0 Å². The van der Waals surface area contributed by atoms with Gasteiger partial charge in [0, 0.05) is 6.92 Å². The van der Waals surface area contributed by atoms with Gasteiger partial charge in [0.05, 0.1) is 6.07 Å². The van der Waals surface area contributed by atoms with Gasteiger partial charge >= 0.3 is 0 Å². The van der Waals surface area contributed by atoms with Gasteiger partial charge in [0.2, 0.25) is 0 Å². The standard InChI is InChI=1S/C6H7P.C2H3N/c7-6-4-2-1-3-5-6;1-2-3/h1-5H,7H2;1H3. The van der Waals surface area contributed by atoms with Crippen LogP contribution in [0.2, 0.25) is 0 Å². The third-order valence-electron chi connectivity index (χ3n) is 0.800. The highest BCUT2D eigenvalue weighted by Gasteiger charge is 1.72. The van der Waals surface area contributed by atoms with E-state index in [0.29, 0.717) is 0 Å². The Labute approximate surface area is 63.9 Å². The van der Waals surface area contributed by atoms with Crippen molar-refractivity contribution in [2.75, 3.05) is 0 Å². The second-order valence-electron chi connectivity index (χ2n) is 1.63. The third kappa shape index (κ3) is 5.28. The summed E-state index contributed by atoms with van der Waals surface area (Å²) in [7, 11) is 2.63. The fourth-order valence-electron chi connectivity index (χ4n) is 0.453. The number of hydrogen-bond donors (Lipinski definition) is 0. The molecule has 0 spiro atoms. The minimum Gasteiger partial charge on any atom is -0.199 e.